The summed E-state index contributed by atoms with van der Waals surface area (Å²) in [6, 6.07) is 3.53. The predicted molar refractivity (Wildman–Crippen MR) is 77.0 cm³/mol. The van der Waals surface area contributed by atoms with Crippen molar-refractivity contribution >= 4 is 11.8 Å². The number of carbonyl (C=O) groups excluding carboxylic acids is 1. The number of anilines is 1. The summed E-state index contributed by atoms with van der Waals surface area (Å²) in [7, 11) is 1.37. The van der Waals surface area contributed by atoms with Crippen LogP contribution < -0.4 is 5.32 Å². The van der Waals surface area contributed by atoms with Gasteiger partial charge in [0.25, 0.3) is 0 Å². The Morgan fingerprint density at radius 3 is 2.90 bits per heavy atom. The number of aromatic nitrogens is 1. The maximum atomic E-state index is 11.4. The van der Waals surface area contributed by atoms with Gasteiger partial charge in [-0.1, -0.05) is 0 Å². The van der Waals surface area contributed by atoms with Gasteiger partial charge >= 0.3 is 5.97 Å². The molecule has 5 heteroatoms. The van der Waals surface area contributed by atoms with Crippen molar-refractivity contribution in [1.82, 2.24) is 4.98 Å². The number of nitrogens with zero attached hydrogens (tertiary/aromatic N) is 1. The number of nitrogens with one attached hydrogen (secondary N) is 1. The van der Waals surface area contributed by atoms with Crippen LogP contribution in [0.25, 0.3) is 0 Å². The van der Waals surface area contributed by atoms with Crippen LogP contribution in [0.5, 0.6) is 0 Å². The number of methoxy groups -OCH3 is 1. The van der Waals surface area contributed by atoms with Crippen LogP contribution >= 0.6 is 0 Å². The monoisotopic (exact) mass is 278 g/mol. The van der Waals surface area contributed by atoms with Crippen molar-refractivity contribution in [3.63, 3.8) is 0 Å². The van der Waals surface area contributed by atoms with Crippen LogP contribution in [-0.4, -0.2) is 37.8 Å². The molecule has 2 rings (SSSR count). The van der Waals surface area contributed by atoms with E-state index in [2.05, 4.69) is 10.3 Å². The van der Waals surface area contributed by atoms with Crippen LogP contribution in [-0.2, 0) is 9.47 Å². The topological polar surface area (TPSA) is 60.5 Å². The van der Waals surface area contributed by atoms with Gasteiger partial charge in [0.1, 0.15) is 5.82 Å². The summed E-state index contributed by atoms with van der Waals surface area (Å²) in [5.41, 5.74) is 1.18. The van der Waals surface area contributed by atoms with Crippen LogP contribution in [0.15, 0.2) is 12.1 Å². The first kappa shape index (κ1) is 14.8. The lowest BCUT2D eigenvalue weighted by Crippen LogP contribution is -2.10. The van der Waals surface area contributed by atoms with Gasteiger partial charge in [-0.05, 0) is 44.2 Å². The smallest absolute Gasteiger partial charge is 0.339 e. The number of carbonyl (C=O) groups is 1. The first-order valence-corrected chi connectivity index (χ1v) is 7.08. The summed E-state index contributed by atoms with van der Waals surface area (Å²) < 4.78 is 10.3. The fraction of sp³-hybridized carbons (Fsp3) is 0.600. The van der Waals surface area contributed by atoms with Crippen molar-refractivity contribution in [3.8, 4) is 0 Å². The van der Waals surface area contributed by atoms with Crippen molar-refractivity contribution in [2.45, 2.75) is 26.2 Å². The number of esters is 1. The molecule has 0 spiro atoms. The summed E-state index contributed by atoms with van der Waals surface area (Å²) >= 11 is 0. The van der Waals surface area contributed by atoms with Gasteiger partial charge in [-0.2, -0.15) is 0 Å². The van der Waals surface area contributed by atoms with E-state index in [1.54, 1.807) is 19.1 Å². The van der Waals surface area contributed by atoms with Crippen LogP contribution in [0.2, 0.25) is 0 Å². The van der Waals surface area contributed by atoms with Gasteiger partial charge in [-0.3, -0.25) is 0 Å². The Morgan fingerprint density at radius 1 is 1.45 bits per heavy atom. The molecule has 0 unspecified atom stereocenters. The van der Waals surface area contributed by atoms with Gasteiger partial charge < -0.3 is 14.8 Å². The van der Waals surface area contributed by atoms with Crippen molar-refractivity contribution in [2.75, 3.05) is 32.2 Å². The molecule has 1 aromatic rings. The van der Waals surface area contributed by atoms with Gasteiger partial charge in [0.05, 0.1) is 18.4 Å². The molecule has 20 heavy (non-hydrogen) atoms. The first-order valence-electron chi connectivity index (χ1n) is 7.08. The molecule has 110 valence electrons. The van der Waals surface area contributed by atoms with Crippen molar-refractivity contribution < 1.29 is 14.3 Å². The molecule has 0 atom stereocenters. The lowest BCUT2D eigenvalue weighted by atomic mass is 10.2. The molecule has 1 heterocycles. The Bertz CT molecular complexity index is 458. The molecule has 0 bridgehead atoms. The molecule has 1 aliphatic carbocycles. The standard InChI is InChI=1S/C15H22N2O3/c1-11-13(15(18)19-2)6-7-14(17-11)16-8-3-9-20-10-12-4-5-12/h6-7,12H,3-5,8-10H2,1-2H3,(H,16,17). The minimum atomic E-state index is -0.352. The fourth-order valence-corrected chi connectivity index (χ4v) is 1.91. The summed E-state index contributed by atoms with van der Waals surface area (Å²) in [5.74, 6) is 1.24. The molecule has 0 aliphatic heterocycles. The average molecular weight is 278 g/mol. The molecule has 0 aromatic carbocycles. The van der Waals surface area contributed by atoms with E-state index in [0.717, 1.165) is 37.9 Å². The molecule has 0 amide bonds. The Labute approximate surface area is 119 Å². The first-order chi connectivity index (χ1) is 9.70. The number of aryl methyl sites for hydroxylation is 1. The number of hydrogen-bond donors (Lipinski definition) is 1. The highest BCUT2D eigenvalue weighted by molar-refractivity contribution is 5.90. The van der Waals surface area contributed by atoms with E-state index in [-0.39, 0.29) is 5.97 Å². The summed E-state index contributed by atoms with van der Waals surface area (Å²) in [6.45, 7) is 4.30. The number of ether oxygens (including phenoxy) is 2. The highest BCUT2D eigenvalue weighted by Crippen LogP contribution is 2.28. The summed E-state index contributed by atoms with van der Waals surface area (Å²) in [6.07, 6.45) is 3.61. The van der Waals surface area contributed by atoms with E-state index >= 15 is 0 Å². The van der Waals surface area contributed by atoms with Gasteiger partial charge in [0, 0.05) is 19.8 Å². The third-order valence-corrected chi connectivity index (χ3v) is 3.31. The zero-order valence-corrected chi connectivity index (χ0v) is 12.1. The number of hydrogen-bond acceptors (Lipinski definition) is 5. The Balaban J connectivity index is 1.69. The third kappa shape index (κ3) is 4.49. The zero-order chi connectivity index (χ0) is 14.4. The largest absolute Gasteiger partial charge is 0.465 e. The normalized spacial score (nSPS) is 14.1. The summed E-state index contributed by atoms with van der Waals surface area (Å²) in [4.78, 5) is 15.8. The molecule has 1 aliphatic rings. The molecule has 1 fully saturated rings. The lowest BCUT2D eigenvalue weighted by Gasteiger charge is -2.09. The maximum absolute atomic E-state index is 11.4. The van der Waals surface area contributed by atoms with Crippen LogP contribution in [0, 0.1) is 12.8 Å². The molecule has 1 N–H and O–H groups in total. The third-order valence-electron chi connectivity index (χ3n) is 3.31. The van der Waals surface area contributed by atoms with Gasteiger partial charge in [0.2, 0.25) is 0 Å². The second kappa shape index (κ2) is 7.24. The Hall–Kier alpha value is -1.62. The zero-order valence-electron chi connectivity index (χ0n) is 12.1. The van der Waals surface area contributed by atoms with Gasteiger partial charge in [-0.25, -0.2) is 9.78 Å². The SMILES string of the molecule is COC(=O)c1ccc(NCCCOCC2CC2)nc1C. The Morgan fingerprint density at radius 2 is 2.25 bits per heavy atom. The minimum Gasteiger partial charge on any atom is -0.465 e. The van der Waals surface area contributed by atoms with E-state index in [1.807, 2.05) is 0 Å². The van der Waals surface area contributed by atoms with Crippen molar-refractivity contribution in [2.24, 2.45) is 5.92 Å². The van der Waals surface area contributed by atoms with Gasteiger partial charge in [-0.15, -0.1) is 0 Å². The van der Waals surface area contributed by atoms with Crippen LogP contribution in [0.4, 0.5) is 5.82 Å². The molecule has 1 aromatic heterocycles. The van der Waals surface area contributed by atoms with E-state index in [1.165, 1.54) is 20.0 Å². The van der Waals surface area contributed by atoms with Crippen molar-refractivity contribution in [3.05, 3.63) is 23.4 Å². The highest BCUT2D eigenvalue weighted by Gasteiger charge is 2.20. The quantitative estimate of drug-likeness (QED) is 0.584. The molecule has 1 saturated carbocycles. The molecular weight excluding hydrogens is 256 g/mol. The molecule has 0 saturated heterocycles. The predicted octanol–water partition coefficient (Wildman–Crippen LogP) is 2.41. The van der Waals surface area contributed by atoms with E-state index in [9.17, 15) is 4.79 Å². The van der Waals surface area contributed by atoms with E-state index in [4.69, 9.17) is 9.47 Å². The molecular formula is C15H22N2O3. The minimum absolute atomic E-state index is 0.352. The number of rotatable bonds is 8. The molecule has 5 nitrogen and oxygen atoms in total. The van der Waals surface area contributed by atoms with E-state index < -0.39 is 0 Å². The lowest BCUT2D eigenvalue weighted by molar-refractivity contribution is 0.0599. The van der Waals surface area contributed by atoms with Crippen molar-refractivity contribution in [1.29, 1.82) is 0 Å². The average Bonchev–Trinajstić information content (AvgIpc) is 3.26. The molecule has 0 radical (unpaired) electrons. The second-order valence-electron chi connectivity index (χ2n) is 5.12. The number of pyridine rings is 1. The highest BCUT2D eigenvalue weighted by atomic mass is 16.5. The maximum Gasteiger partial charge on any atom is 0.339 e. The Kier molecular flexibility index (Phi) is 5.35. The van der Waals surface area contributed by atoms with Crippen LogP contribution in [0.1, 0.15) is 35.3 Å². The van der Waals surface area contributed by atoms with Crippen LogP contribution in [0.3, 0.4) is 0 Å². The van der Waals surface area contributed by atoms with E-state index in [0.29, 0.717) is 11.3 Å². The second-order valence-corrected chi connectivity index (χ2v) is 5.12. The van der Waals surface area contributed by atoms with Gasteiger partial charge in [0.15, 0.2) is 0 Å². The summed E-state index contributed by atoms with van der Waals surface area (Å²) in [5, 5.41) is 3.23. The fourth-order valence-electron chi connectivity index (χ4n) is 1.91.